The van der Waals surface area contributed by atoms with E-state index < -0.39 is 39.4 Å². The Morgan fingerprint density at radius 1 is 1.08 bits per heavy atom. The third kappa shape index (κ3) is 4.69. The minimum Gasteiger partial charge on any atom is -0.435 e. The molecule has 0 bridgehead atoms. The summed E-state index contributed by atoms with van der Waals surface area (Å²) in [5.41, 5.74) is -0.817. The van der Waals surface area contributed by atoms with Gasteiger partial charge in [0, 0.05) is 12.3 Å². The van der Waals surface area contributed by atoms with E-state index in [4.69, 9.17) is 0 Å². The zero-order chi connectivity index (χ0) is 26.5. The maximum atomic E-state index is 13.6. The van der Waals surface area contributed by atoms with Crippen LogP contribution in [0.2, 0.25) is 0 Å². The molecule has 0 aliphatic carbocycles. The van der Waals surface area contributed by atoms with Crippen LogP contribution in [-0.4, -0.2) is 52.1 Å². The number of hydrogen-bond donors (Lipinski definition) is 1. The Hall–Kier alpha value is -4.13. The number of carbonyl (C=O) groups excluding carboxylic acids is 1. The second-order valence-corrected chi connectivity index (χ2v) is 11.0. The van der Waals surface area contributed by atoms with Crippen molar-refractivity contribution in [1.82, 2.24) is 19.4 Å². The summed E-state index contributed by atoms with van der Waals surface area (Å²) in [6.45, 7) is -1.46. The van der Waals surface area contributed by atoms with Gasteiger partial charge in [0.25, 0.3) is 5.91 Å². The molecule has 5 rings (SSSR count). The quantitative estimate of drug-likeness (QED) is 0.409. The van der Waals surface area contributed by atoms with Gasteiger partial charge in [-0.25, -0.2) is 27.2 Å². The lowest BCUT2D eigenvalue weighted by Crippen LogP contribution is -2.63. The number of halogens is 3. The molecule has 37 heavy (non-hydrogen) atoms. The van der Waals surface area contributed by atoms with Crippen LogP contribution in [0.4, 0.5) is 13.2 Å². The van der Waals surface area contributed by atoms with Gasteiger partial charge >= 0.3 is 12.3 Å². The third-order valence-electron chi connectivity index (χ3n) is 5.82. The minimum atomic E-state index is -3.21. The molecule has 1 aliphatic heterocycles. The molecular weight excluding hydrogens is 513 g/mol. The van der Waals surface area contributed by atoms with Crippen LogP contribution in [0.25, 0.3) is 22.5 Å². The van der Waals surface area contributed by atoms with Crippen LogP contribution in [0.3, 0.4) is 0 Å². The van der Waals surface area contributed by atoms with Gasteiger partial charge in [0.1, 0.15) is 11.6 Å². The lowest BCUT2D eigenvalue weighted by molar-refractivity contribution is -0.0498. The van der Waals surface area contributed by atoms with E-state index in [1.54, 1.807) is 6.92 Å². The molecule has 192 valence electrons. The molecular formula is C24H19F3N4O5S. The molecule has 1 saturated heterocycles. The monoisotopic (exact) mass is 532 g/mol. The second-order valence-electron chi connectivity index (χ2n) is 8.92. The van der Waals surface area contributed by atoms with Gasteiger partial charge in [-0.05, 0) is 49.4 Å². The lowest BCUT2D eigenvalue weighted by Gasteiger charge is -2.38. The molecule has 3 heterocycles. The van der Waals surface area contributed by atoms with Crippen LogP contribution in [0.5, 0.6) is 5.75 Å². The molecule has 0 atom stereocenters. The van der Waals surface area contributed by atoms with Crippen molar-refractivity contribution in [3.8, 4) is 17.1 Å². The number of imidazole rings is 1. The Labute approximate surface area is 208 Å². The number of sulfone groups is 1. The fraction of sp³-hybridized carbons (Fsp3) is 0.208. The topological polar surface area (TPSA) is 112 Å². The molecule has 2 aromatic heterocycles. The molecule has 0 spiro atoms. The van der Waals surface area contributed by atoms with Crippen LogP contribution >= 0.6 is 0 Å². The predicted molar refractivity (Wildman–Crippen MR) is 128 cm³/mol. The van der Waals surface area contributed by atoms with Crippen LogP contribution in [0.1, 0.15) is 17.3 Å². The number of amides is 1. The highest BCUT2D eigenvalue weighted by Gasteiger charge is 2.45. The van der Waals surface area contributed by atoms with Gasteiger partial charge in [-0.15, -0.1) is 0 Å². The molecule has 1 fully saturated rings. The summed E-state index contributed by atoms with van der Waals surface area (Å²) in [5.74, 6) is -1.70. The van der Waals surface area contributed by atoms with Crippen molar-refractivity contribution >= 4 is 26.9 Å². The maximum absolute atomic E-state index is 13.6. The molecule has 13 heteroatoms. The highest BCUT2D eigenvalue weighted by molar-refractivity contribution is 7.93. The van der Waals surface area contributed by atoms with Gasteiger partial charge in [-0.3, -0.25) is 9.36 Å². The van der Waals surface area contributed by atoms with E-state index in [9.17, 15) is 31.2 Å². The maximum Gasteiger partial charge on any atom is 0.387 e. The number of rotatable bonds is 6. The Balaban J connectivity index is 1.65. The van der Waals surface area contributed by atoms with Gasteiger partial charge in [0.15, 0.2) is 15.5 Å². The Morgan fingerprint density at radius 2 is 1.78 bits per heavy atom. The zero-order valence-electron chi connectivity index (χ0n) is 19.2. The van der Waals surface area contributed by atoms with Crippen molar-refractivity contribution in [3.63, 3.8) is 0 Å². The summed E-state index contributed by atoms with van der Waals surface area (Å²) in [6, 6.07) is 11.9. The van der Waals surface area contributed by atoms with E-state index in [0.717, 1.165) is 16.7 Å². The molecule has 0 unspecified atom stereocenters. The van der Waals surface area contributed by atoms with Crippen LogP contribution in [0, 0.1) is 5.82 Å². The minimum absolute atomic E-state index is 0.0563. The van der Waals surface area contributed by atoms with Crippen LogP contribution in [0.15, 0.2) is 65.6 Å². The highest BCUT2D eigenvalue weighted by Crippen LogP contribution is 2.26. The van der Waals surface area contributed by atoms with E-state index in [2.05, 4.69) is 15.0 Å². The Morgan fingerprint density at radius 3 is 2.43 bits per heavy atom. The van der Waals surface area contributed by atoms with Gasteiger partial charge in [-0.2, -0.15) is 8.78 Å². The molecule has 1 N–H and O–H groups in total. The van der Waals surface area contributed by atoms with Gasteiger partial charge in [0.05, 0.1) is 39.5 Å². The van der Waals surface area contributed by atoms with E-state index >= 15 is 0 Å². The number of nitrogens with zero attached hydrogens (tertiary/aromatic N) is 3. The first-order valence-electron chi connectivity index (χ1n) is 10.9. The summed E-state index contributed by atoms with van der Waals surface area (Å²) < 4.78 is 69.1. The fourth-order valence-corrected chi connectivity index (χ4v) is 6.42. The van der Waals surface area contributed by atoms with E-state index in [0.29, 0.717) is 0 Å². The average molecular weight is 533 g/mol. The molecule has 4 aromatic rings. The molecule has 1 aliphatic rings. The van der Waals surface area contributed by atoms with Crippen molar-refractivity contribution < 1.29 is 31.1 Å². The molecule has 1 amide bonds. The summed E-state index contributed by atoms with van der Waals surface area (Å²) in [5, 5.41) is 2.69. The Kier molecular flexibility index (Phi) is 5.82. The number of aromatic nitrogens is 3. The standard InChI is InChI=1S/C24H19F3N4O5S/c1-24(12-37(34,35)13-24)29-21(32)14-9-19-20(28-11-14)31(17-3-2-4-18(10-17)36-22(26)27)23(33)30(19)16-7-5-15(25)6-8-16/h2-11,22H,12-13H2,1H3,(H,29,32). The van der Waals surface area contributed by atoms with E-state index in [1.165, 1.54) is 53.2 Å². The zero-order valence-corrected chi connectivity index (χ0v) is 20.0. The number of benzene rings is 2. The fourth-order valence-electron chi connectivity index (χ4n) is 4.42. The van der Waals surface area contributed by atoms with Crippen LogP contribution < -0.4 is 15.7 Å². The predicted octanol–water partition coefficient (Wildman–Crippen LogP) is 2.83. The molecule has 0 radical (unpaired) electrons. The van der Waals surface area contributed by atoms with Crippen molar-refractivity contribution in [3.05, 3.63) is 82.7 Å². The number of hydrogen-bond acceptors (Lipinski definition) is 6. The number of pyridine rings is 1. The molecule has 0 saturated carbocycles. The number of ether oxygens (including phenoxy) is 1. The van der Waals surface area contributed by atoms with Crippen LogP contribution in [-0.2, 0) is 9.84 Å². The van der Waals surface area contributed by atoms with Crippen molar-refractivity contribution in [1.29, 1.82) is 0 Å². The van der Waals surface area contributed by atoms with E-state index in [1.807, 2.05) is 0 Å². The van der Waals surface area contributed by atoms with Gasteiger partial charge < -0.3 is 10.1 Å². The summed E-state index contributed by atoms with van der Waals surface area (Å²) in [6.07, 6.45) is 1.22. The van der Waals surface area contributed by atoms with Crippen molar-refractivity contribution in [2.45, 2.75) is 19.1 Å². The normalized spacial score (nSPS) is 15.9. The molecule has 2 aromatic carbocycles. The lowest BCUT2D eigenvalue weighted by atomic mass is 10.1. The van der Waals surface area contributed by atoms with Gasteiger partial charge in [0.2, 0.25) is 0 Å². The van der Waals surface area contributed by atoms with E-state index in [-0.39, 0.29) is 45.4 Å². The SMILES string of the molecule is CC1(NC(=O)c2cnc3c(c2)n(-c2ccc(F)cc2)c(=O)n3-c2cccc(OC(F)F)c2)CS(=O)(=O)C1. The average Bonchev–Trinajstić information content (AvgIpc) is 3.08. The number of alkyl halides is 2. The number of fused-ring (bicyclic) bond motifs is 1. The largest absolute Gasteiger partial charge is 0.435 e. The second kappa shape index (κ2) is 8.76. The number of nitrogens with one attached hydrogen (secondary N) is 1. The molecule has 9 nitrogen and oxygen atoms in total. The first-order valence-corrected chi connectivity index (χ1v) is 12.7. The van der Waals surface area contributed by atoms with Crippen molar-refractivity contribution in [2.75, 3.05) is 11.5 Å². The Bertz CT molecular complexity index is 1690. The third-order valence-corrected chi connectivity index (χ3v) is 7.98. The summed E-state index contributed by atoms with van der Waals surface area (Å²) >= 11 is 0. The van der Waals surface area contributed by atoms with Crippen molar-refractivity contribution in [2.24, 2.45) is 0 Å². The van der Waals surface area contributed by atoms with Gasteiger partial charge in [-0.1, -0.05) is 6.07 Å². The first-order chi connectivity index (χ1) is 17.4. The number of carbonyl (C=O) groups is 1. The first kappa shape index (κ1) is 24.6. The highest BCUT2D eigenvalue weighted by atomic mass is 32.2. The summed E-state index contributed by atoms with van der Waals surface area (Å²) in [4.78, 5) is 30.8. The summed E-state index contributed by atoms with van der Waals surface area (Å²) in [7, 11) is -3.21. The smallest absolute Gasteiger partial charge is 0.387 e.